The van der Waals surface area contributed by atoms with Gasteiger partial charge in [-0.3, -0.25) is 0 Å². The highest BCUT2D eigenvalue weighted by molar-refractivity contribution is 9.10. The van der Waals surface area contributed by atoms with Crippen molar-refractivity contribution in [1.82, 2.24) is 0 Å². The van der Waals surface area contributed by atoms with Gasteiger partial charge in [0.25, 0.3) is 0 Å². The molecule has 6 heteroatoms. The van der Waals surface area contributed by atoms with Gasteiger partial charge in [-0.1, -0.05) is 6.07 Å². The van der Waals surface area contributed by atoms with Crippen LogP contribution in [0.5, 0.6) is 0 Å². The number of halogens is 3. The van der Waals surface area contributed by atoms with Crippen molar-refractivity contribution in [3.8, 4) is 0 Å². The van der Waals surface area contributed by atoms with Gasteiger partial charge in [0.1, 0.15) is 11.6 Å². The third-order valence-corrected chi connectivity index (χ3v) is 2.64. The van der Waals surface area contributed by atoms with E-state index in [1.807, 2.05) is 0 Å². The summed E-state index contributed by atoms with van der Waals surface area (Å²) in [5.74, 6) is -1.40. The van der Waals surface area contributed by atoms with E-state index in [0.717, 1.165) is 6.07 Å². The Morgan fingerprint density at radius 2 is 2.00 bits per heavy atom. The molecule has 0 aromatic heterocycles. The Bertz CT molecular complexity index is 417. The molecule has 0 aliphatic heterocycles. The standard InChI is InChI=1S/C7H5BrF2O2S/c8-6-2-1-5(3-7(6)9)4-13(10,11)12/h1-3H,4H2. The highest BCUT2D eigenvalue weighted by Gasteiger charge is 2.10. The van der Waals surface area contributed by atoms with Crippen molar-refractivity contribution in [3.05, 3.63) is 34.1 Å². The van der Waals surface area contributed by atoms with Crippen LogP contribution in [0.3, 0.4) is 0 Å². The van der Waals surface area contributed by atoms with E-state index in [0.29, 0.717) is 0 Å². The van der Waals surface area contributed by atoms with Crippen molar-refractivity contribution in [3.63, 3.8) is 0 Å². The minimum Gasteiger partial charge on any atom is -0.206 e. The van der Waals surface area contributed by atoms with E-state index in [1.165, 1.54) is 12.1 Å². The van der Waals surface area contributed by atoms with E-state index in [2.05, 4.69) is 15.9 Å². The molecule has 1 aromatic carbocycles. The molecule has 0 aliphatic carbocycles. The van der Waals surface area contributed by atoms with Crippen LogP contribution in [0, 0.1) is 5.82 Å². The van der Waals surface area contributed by atoms with E-state index in [1.54, 1.807) is 0 Å². The Hall–Kier alpha value is -0.490. The number of hydrogen-bond donors (Lipinski definition) is 0. The number of hydrogen-bond acceptors (Lipinski definition) is 2. The fraction of sp³-hybridized carbons (Fsp3) is 0.143. The fourth-order valence-electron chi connectivity index (χ4n) is 0.828. The third kappa shape index (κ3) is 3.40. The first-order valence-electron chi connectivity index (χ1n) is 3.25. The summed E-state index contributed by atoms with van der Waals surface area (Å²) in [7, 11) is -4.59. The summed E-state index contributed by atoms with van der Waals surface area (Å²) in [6, 6.07) is 3.64. The minimum absolute atomic E-state index is 0.0863. The van der Waals surface area contributed by atoms with Crippen molar-refractivity contribution in [2.24, 2.45) is 0 Å². The average Bonchev–Trinajstić information content (AvgIpc) is 1.94. The zero-order chi connectivity index (χ0) is 10.1. The predicted octanol–water partition coefficient (Wildman–Crippen LogP) is 2.39. The Morgan fingerprint density at radius 1 is 1.38 bits per heavy atom. The molecule has 1 aromatic rings. The lowest BCUT2D eigenvalue weighted by atomic mass is 10.2. The van der Waals surface area contributed by atoms with Gasteiger partial charge in [-0.25, -0.2) is 4.39 Å². The summed E-state index contributed by atoms with van der Waals surface area (Å²) in [4.78, 5) is 0. The zero-order valence-corrected chi connectivity index (χ0v) is 8.70. The first-order chi connectivity index (χ1) is 5.88. The zero-order valence-electron chi connectivity index (χ0n) is 6.30. The number of benzene rings is 1. The van der Waals surface area contributed by atoms with Gasteiger partial charge in [0.15, 0.2) is 0 Å². The smallest absolute Gasteiger partial charge is 0.206 e. The molecule has 0 heterocycles. The van der Waals surface area contributed by atoms with Crippen LogP contribution in [0.4, 0.5) is 8.28 Å². The Morgan fingerprint density at radius 3 is 2.46 bits per heavy atom. The second kappa shape index (κ2) is 3.71. The molecule has 0 spiro atoms. The van der Waals surface area contributed by atoms with Gasteiger partial charge in [0, 0.05) is 0 Å². The maximum absolute atomic E-state index is 12.8. The summed E-state index contributed by atoms with van der Waals surface area (Å²) in [6.45, 7) is 0. The van der Waals surface area contributed by atoms with Crippen molar-refractivity contribution >= 4 is 26.2 Å². The average molecular weight is 271 g/mol. The molecule has 0 saturated heterocycles. The molecule has 0 saturated carbocycles. The monoisotopic (exact) mass is 270 g/mol. The summed E-state index contributed by atoms with van der Waals surface area (Å²) in [6.07, 6.45) is 0. The normalized spacial score (nSPS) is 11.6. The summed E-state index contributed by atoms with van der Waals surface area (Å²) >= 11 is 2.89. The summed E-state index contributed by atoms with van der Waals surface area (Å²) in [5, 5.41) is 0. The second-order valence-corrected chi connectivity index (χ2v) is 4.65. The molecule has 0 unspecified atom stereocenters. The summed E-state index contributed by atoms with van der Waals surface area (Å²) < 4.78 is 45.5. The molecular weight excluding hydrogens is 266 g/mol. The summed E-state index contributed by atoms with van der Waals surface area (Å²) in [5.41, 5.74) is 0.0863. The molecule has 0 atom stereocenters. The van der Waals surface area contributed by atoms with Crippen molar-refractivity contribution in [2.45, 2.75) is 5.75 Å². The van der Waals surface area contributed by atoms with Crippen LogP contribution >= 0.6 is 15.9 Å². The molecule has 0 N–H and O–H groups in total. The van der Waals surface area contributed by atoms with Crippen LogP contribution < -0.4 is 0 Å². The van der Waals surface area contributed by atoms with Crippen molar-refractivity contribution in [2.75, 3.05) is 0 Å². The van der Waals surface area contributed by atoms with E-state index < -0.39 is 21.8 Å². The molecule has 0 fully saturated rings. The maximum atomic E-state index is 12.8. The van der Waals surface area contributed by atoms with Crippen molar-refractivity contribution < 1.29 is 16.7 Å². The molecule has 0 aliphatic rings. The Balaban J connectivity index is 2.99. The van der Waals surface area contributed by atoms with E-state index in [-0.39, 0.29) is 10.0 Å². The highest BCUT2D eigenvalue weighted by Crippen LogP contribution is 2.17. The molecule has 0 amide bonds. The van der Waals surface area contributed by atoms with Crippen LogP contribution in [-0.2, 0) is 16.0 Å². The van der Waals surface area contributed by atoms with Gasteiger partial charge in [-0.2, -0.15) is 8.42 Å². The first-order valence-corrected chi connectivity index (χ1v) is 5.59. The van der Waals surface area contributed by atoms with Gasteiger partial charge in [0.05, 0.1) is 4.47 Å². The van der Waals surface area contributed by atoms with Gasteiger partial charge < -0.3 is 0 Å². The fourth-order valence-corrected chi connectivity index (χ4v) is 1.65. The lowest BCUT2D eigenvalue weighted by molar-refractivity contribution is 0.550. The van der Waals surface area contributed by atoms with Crippen LogP contribution in [0.15, 0.2) is 22.7 Å². The largest absolute Gasteiger partial charge is 0.306 e. The molecule has 1 rings (SSSR count). The van der Waals surface area contributed by atoms with Crippen LogP contribution in [0.1, 0.15) is 5.56 Å². The third-order valence-electron chi connectivity index (χ3n) is 1.32. The molecule has 13 heavy (non-hydrogen) atoms. The quantitative estimate of drug-likeness (QED) is 0.774. The molecule has 0 radical (unpaired) electrons. The minimum atomic E-state index is -4.59. The van der Waals surface area contributed by atoms with E-state index >= 15 is 0 Å². The highest BCUT2D eigenvalue weighted by atomic mass is 79.9. The van der Waals surface area contributed by atoms with Crippen LogP contribution in [0.25, 0.3) is 0 Å². The van der Waals surface area contributed by atoms with Crippen molar-refractivity contribution in [1.29, 1.82) is 0 Å². The van der Waals surface area contributed by atoms with Gasteiger partial charge in [-0.15, -0.1) is 3.89 Å². The molecule has 0 bridgehead atoms. The maximum Gasteiger partial charge on any atom is 0.306 e. The van der Waals surface area contributed by atoms with E-state index in [4.69, 9.17) is 0 Å². The molecular formula is C7H5BrF2O2S. The Kier molecular flexibility index (Phi) is 3.02. The SMILES string of the molecule is O=S(=O)(F)Cc1ccc(Br)c(F)c1. The van der Waals surface area contributed by atoms with Crippen LogP contribution in [0.2, 0.25) is 0 Å². The Labute approximate surface area is 82.9 Å². The molecule has 72 valence electrons. The van der Waals surface area contributed by atoms with Gasteiger partial charge in [-0.05, 0) is 33.6 Å². The van der Waals surface area contributed by atoms with Crippen LogP contribution in [-0.4, -0.2) is 8.42 Å². The molecule has 2 nitrogen and oxygen atoms in total. The predicted molar refractivity (Wildman–Crippen MR) is 47.8 cm³/mol. The van der Waals surface area contributed by atoms with Gasteiger partial charge >= 0.3 is 10.2 Å². The lowest BCUT2D eigenvalue weighted by Gasteiger charge is -1.98. The van der Waals surface area contributed by atoms with Gasteiger partial charge in [0.2, 0.25) is 0 Å². The number of rotatable bonds is 2. The lowest BCUT2D eigenvalue weighted by Crippen LogP contribution is -1.96. The topological polar surface area (TPSA) is 34.1 Å². The van der Waals surface area contributed by atoms with E-state index in [9.17, 15) is 16.7 Å². The first kappa shape index (κ1) is 10.6. The second-order valence-electron chi connectivity index (χ2n) is 2.43.